The standard InChI is InChI=1S/C7H17ClFN3/c8-7(9,2-4-11)6-12-5-1-3-10/h12H,1-6,10-11H2. The highest BCUT2D eigenvalue weighted by atomic mass is 35.5. The maximum Gasteiger partial charge on any atom is 0.197 e. The van der Waals surface area contributed by atoms with Gasteiger partial charge in [-0.3, -0.25) is 0 Å². The zero-order valence-electron chi connectivity index (χ0n) is 7.15. The minimum absolute atomic E-state index is 0.131. The van der Waals surface area contributed by atoms with Crippen molar-refractivity contribution in [2.24, 2.45) is 11.5 Å². The third-order valence-electron chi connectivity index (χ3n) is 1.45. The first kappa shape index (κ1) is 12.1. The van der Waals surface area contributed by atoms with E-state index in [9.17, 15) is 4.39 Å². The second kappa shape index (κ2) is 6.60. The molecule has 0 aromatic carbocycles. The van der Waals surface area contributed by atoms with Crippen LogP contribution in [0.25, 0.3) is 0 Å². The van der Waals surface area contributed by atoms with Gasteiger partial charge in [0.1, 0.15) is 0 Å². The fourth-order valence-corrected chi connectivity index (χ4v) is 1.00. The van der Waals surface area contributed by atoms with E-state index in [2.05, 4.69) is 5.32 Å². The minimum Gasteiger partial charge on any atom is -0.330 e. The SMILES string of the molecule is NCCCNCC(F)(Cl)CCN. The lowest BCUT2D eigenvalue weighted by atomic mass is 10.2. The van der Waals surface area contributed by atoms with Gasteiger partial charge in [0.2, 0.25) is 0 Å². The predicted octanol–water partition coefficient (Wildman–Crippen LogP) is 0.178. The van der Waals surface area contributed by atoms with Crippen LogP contribution in [0.15, 0.2) is 0 Å². The Labute approximate surface area is 77.6 Å². The Hall–Kier alpha value is 0.1000. The van der Waals surface area contributed by atoms with E-state index in [0.29, 0.717) is 13.1 Å². The largest absolute Gasteiger partial charge is 0.330 e. The fourth-order valence-electron chi connectivity index (χ4n) is 0.798. The highest BCUT2D eigenvalue weighted by Gasteiger charge is 2.23. The number of alkyl halides is 2. The van der Waals surface area contributed by atoms with Crippen molar-refractivity contribution in [3.8, 4) is 0 Å². The molecule has 0 aromatic rings. The molecule has 0 amide bonds. The van der Waals surface area contributed by atoms with E-state index >= 15 is 0 Å². The molecule has 0 bridgehead atoms. The number of hydrogen-bond donors (Lipinski definition) is 3. The van der Waals surface area contributed by atoms with Crippen LogP contribution in [0, 0.1) is 0 Å². The summed E-state index contributed by atoms with van der Waals surface area (Å²) in [4.78, 5) is 0. The molecule has 0 aliphatic heterocycles. The summed E-state index contributed by atoms with van der Waals surface area (Å²) in [7, 11) is 0. The summed E-state index contributed by atoms with van der Waals surface area (Å²) >= 11 is 5.47. The molecule has 0 fully saturated rings. The van der Waals surface area contributed by atoms with E-state index in [4.69, 9.17) is 23.1 Å². The minimum atomic E-state index is -1.71. The van der Waals surface area contributed by atoms with E-state index in [1.54, 1.807) is 0 Å². The molecule has 0 aromatic heterocycles. The van der Waals surface area contributed by atoms with Crippen LogP contribution in [0.2, 0.25) is 0 Å². The highest BCUT2D eigenvalue weighted by molar-refractivity contribution is 6.23. The van der Waals surface area contributed by atoms with Crippen molar-refractivity contribution in [3.63, 3.8) is 0 Å². The van der Waals surface area contributed by atoms with Gasteiger partial charge in [-0.1, -0.05) is 11.6 Å². The van der Waals surface area contributed by atoms with Crippen molar-refractivity contribution in [3.05, 3.63) is 0 Å². The topological polar surface area (TPSA) is 64.1 Å². The van der Waals surface area contributed by atoms with Gasteiger partial charge in [-0.25, -0.2) is 4.39 Å². The van der Waals surface area contributed by atoms with E-state index < -0.39 is 5.13 Å². The summed E-state index contributed by atoms with van der Waals surface area (Å²) in [6, 6.07) is 0. The Balaban J connectivity index is 3.33. The van der Waals surface area contributed by atoms with Gasteiger partial charge in [0.05, 0.1) is 0 Å². The van der Waals surface area contributed by atoms with Crippen LogP contribution in [0.3, 0.4) is 0 Å². The molecular weight excluding hydrogens is 181 g/mol. The Kier molecular flexibility index (Phi) is 6.65. The lowest BCUT2D eigenvalue weighted by Gasteiger charge is -2.17. The van der Waals surface area contributed by atoms with Gasteiger partial charge in [-0.05, 0) is 26.1 Å². The summed E-state index contributed by atoms with van der Waals surface area (Å²) in [6.45, 7) is 1.69. The average Bonchev–Trinajstić information content (AvgIpc) is 1.98. The first-order valence-corrected chi connectivity index (χ1v) is 4.49. The molecule has 5 heteroatoms. The van der Waals surface area contributed by atoms with Crippen LogP contribution < -0.4 is 16.8 Å². The maximum atomic E-state index is 13.1. The van der Waals surface area contributed by atoms with Crippen LogP contribution in [-0.2, 0) is 0 Å². The molecule has 1 atom stereocenters. The average molecular weight is 198 g/mol. The lowest BCUT2D eigenvalue weighted by Crippen LogP contribution is -2.34. The molecule has 0 aliphatic rings. The molecule has 0 rings (SSSR count). The van der Waals surface area contributed by atoms with Crippen molar-refractivity contribution in [2.75, 3.05) is 26.2 Å². The molecule has 1 unspecified atom stereocenters. The molecule has 0 saturated carbocycles. The van der Waals surface area contributed by atoms with Crippen molar-refractivity contribution in [2.45, 2.75) is 18.0 Å². The Morgan fingerprint density at radius 1 is 1.33 bits per heavy atom. The third-order valence-corrected chi connectivity index (χ3v) is 1.77. The van der Waals surface area contributed by atoms with E-state index in [1.165, 1.54) is 0 Å². The summed E-state index contributed by atoms with van der Waals surface area (Å²) < 4.78 is 13.1. The molecule has 0 heterocycles. The Morgan fingerprint density at radius 2 is 2.00 bits per heavy atom. The number of nitrogens with two attached hydrogens (primary N) is 2. The monoisotopic (exact) mass is 197 g/mol. The summed E-state index contributed by atoms with van der Waals surface area (Å²) in [5, 5.41) is 1.16. The van der Waals surface area contributed by atoms with E-state index in [-0.39, 0.29) is 19.5 Å². The molecule has 0 radical (unpaired) electrons. The first-order chi connectivity index (χ1) is 5.62. The molecular formula is C7H17ClFN3. The normalized spacial score (nSPS) is 16.0. The van der Waals surface area contributed by atoms with E-state index in [0.717, 1.165) is 6.42 Å². The van der Waals surface area contributed by atoms with Crippen LogP contribution in [0.1, 0.15) is 12.8 Å². The van der Waals surface area contributed by atoms with Gasteiger partial charge >= 0.3 is 0 Å². The molecule has 0 saturated heterocycles. The number of nitrogens with one attached hydrogen (secondary N) is 1. The van der Waals surface area contributed by atoms with Crippen LogP contribution in [-0.4, -0.2) is 31.3 Å². The zero-order chi connectivity index (χ0) is 9.45. The Morgan fingerprint density at radius 3 is 2.50 bits per heavy atom. The molecule has 0 aliphatic carbocycles. The molecule has 0 spiro atoms. The van der Waals surface area contributed by atoms with Crippen molar-refractivity contribution in [1.82, 2.24) is 5.32 Å². The summed E-state index contributed by atoms with van der Waals surface area (Å²) in [5.41, 5.74) is 10.4. The van der Waals surface area contributed by atoms with Crippen molar-refractivity contribution in [1.29, 1.82) is 0 Å². The molecule has 3 nitrogen and oxygen atoms in total. The molecule has 12 heavy (non-hydrogen) atoms. The molecule has 5 N–H and O–H groups in total. The van der Waals surface area contributed by atoms with Gasteiger partial charge in [0.15, 0.2) is 5.13 Å². The fraction of sp³-hybridized carbons (Fsp3) is 1.00. The van der Waals surface area contributed by atoms with Crippen molar-refractivity contribution < 1.29 is 4.39 Å². The first-order valence-electron chi connectivity index (χ1n) is 4.11. The van der Waals surface area contributed by atoms with Crippen molar-refractivity contribution >= 4 is 11.6 Å². The van der Waals surface area contributed by atoms with Crippen LogP contribution in [0.5, 0.6) is 0 Å². The number of hydrogen-bond acceptors (Lipinski definition) is 3. The predicted molar refractivity (Wildman–Crippen MR) is 49.9 cm³/mol. The highest BCUT2D eigenvalue weighted by Crippen LogP contribution is 2.19. The molecule has 74 valence electrons. The number of rotatable bonds is 7. The Bertz CT molecular complexity index is 111. The van der Waals surface area contributed by atoms with Crippen LogP contribution >= 0.6 is 11.6 Å². The van der Waals surface area contributed by atoms with Gasteiger partial charge < -0.3 is 16.8 Å². The van der Waals surface area contributed by atoms with Gasteiger partial charge in [0.25, 0.3) is 0 Å². The van der Waals surface area contributed by atoms with E-state index in [1.807, 2.05) is 0 Å². The quantitative estimate of drug-likeness (QED) is 0.403. The third kappa shape index (κ3) is 6.79. The second-order valence-electron chi connectivity index (χ2n) is 2.71. The maximum absolute atomic E-state index is 13.1. The zero-order valence-corrected chi connectivity index (χ0v) is 7.91. The van der Waals surface area contributed by atoms with Crippen LogP contribution in [0.4, 0.5) is 4.39 Å². The second-order valence-corrected chi connectivity index (χ2v) is 3.39. The van der Waals surface area contributed by atoms with Gasteiger partial charge in [0, 0.05) is 13.0 Å². The van der Waals surface area contributed by atoms with Gasteiger partial charge in [-0.2, -0.15) is 0 Å². The smallest absolute Gasteiger partial charge is 0.197 e. The summed E-state index contributed by atoms with van der Waals surface area (Å²) in [6.07, 6.45) is 1.000. The lowest BCUT2D eigenvalue weighted by molar-refractivity contribution is 0.254. The number of halogens is 2. The van der Waals surface area contributed by atoms with Gasteiger partial charge in [-0.15, -0.1) is 0 Å². The summed E-state index contributed by atoms with van der Waals surface area (Å²) in [5.74, 6) is 0.